The molecule has 0 aliphatic rings. The highest BCUT2D eigenvalue weighted by atomic mass is 15.6. The molecular weight excluding hydrogens is 204 g/mol. The van der Waals surface area contributed by atoms with E-state index in [1.54, 1.807) is 12.4 Å². The summed E-state index contributed by atoms with van der Waals surface area (Å²) in [5.74, 6) is 0. The van der Waals surface area contributed by atoms with E-state index >= 15 is 0 Å². The fourth-order valence-corrected chi connectivity index (χ4v) is 1.86. The second kappa shape index (κ2) is 2.54. The van der Waals surface area contributed by atoms with Crippen molar-refractivity contribution in [3.05, 3.63) is 36.7 Å². The largest absolute Gasteiger partial charge is 0.327 e. The zero-order valence-electron chi connectivity index (χ0n) is 8.15. The van der Waals surface area contributed by atoms with Crippen LogP contribution in [0.3, 0.4) is 0 Å². The Bertz CT molecular complexity index is 746. The van der Waals surface area contributed by atoms with Crippen molar-refractivity contribution in [3.8, 4) is 0 Å². The molecule has 1 aromatic carbocycles. The van der Waals surface area contributed by atoms with Crippen LogP contribution in [0.25, 0.3) is 22.3 Å². The van der Waals surface area contributed by atoms with E-state index in [0.29, 0.717) is 5.65 Å². The number of rotatable bonds is 0. The first-order valence-corrected chi connectivity index (χ1v) is 4.87. The van der Waals surface area contributed by atoms with E-state index in [-0.39, 0.29) is 0 Å². The molecule has 0 radical (unpaired) electrons. The Morgan fingerprint density at radius 3 is 3.00 bits per heavy atom. The van der Waals surface area contributed by atoms with E-state index in [9.17, 15) is 0 Å². The molecule has 16 heavy (non-hydrogen) atoms. The third-order valence-electron chi connectivity index (χ3n) is 2.53. The van der Waals surface area contributed by atoms with Gasteiger partial charge in [0.1, 0.15) is 0 Å². The van der Waals surface area contributed by atoms with Crippen molar-refractivity contribution in [1.29, 1.82) is 0 Å². The van der Waals surface area contributed by atoms with Gasteiger partial charge in [-0.1, -0.05) is 17.2 Å². The van der Waals surface area contributed by atoms with Gasteiger partial charge >= 0.3 is 0 Å². The van der Waals surface area contributed by atoms with Crippen LogP contribution in [0, 0.1) is 0 Å². The Morgan fingerprint density at radius 2 is 2.00 bits per heavy atom. The maximum Gasteiger partial charge on any atom is 0.179 e. The monoisotopic (exact) mass is 210 g/mol. The van der Waals surface area contributed by atoms with E-state index < -0.39 is 0 Å². The van der Waals surface area contributed by atoms with E-state index in [1.165, 1.54) is 4.74 Å². The Labute approximate surface area is 89.1 Å². The molecule has 0 atom stereocenters. The van der Waals surface area contributed by atoms with Crippen LogP contribution in [0.1, 0.15) is 0 Å². The zero-order valence-corrected chi connectivity index (χ0v) is 8.15. The van der Waals surface area contributed by atoms with Crippen LogP contribution < -0.4 is 9.84 Å². The normalized spacial score (nSPS) is 11.8. The average Bonchev–Trinajstić information content (AvgIpc) is 2.83. The van der Waals surface area contributed by atoms with E-state index in [4.69, 9.17) is 0 Å². The standard InChI is InChI=1S/C10H6N6/c1-2-4-8-7(3-1)13-16-14-9-10(15(8)16)12-6-5-11-9/h1-6H. The summed E-state index contributed by atoms with van der Waals surface area (Å²) >= 11 is 0. The Morgan fingerprint density at radius 1 is 1.12 bits per heavy atom. The lowest BCUT2D eigenvalue weighted by Crippen LogP contribution is -2.32. The summed E-state index contributed by atoms with van der Waals surface area (Å²) in [7, 11) is 0. The molecule has 3 heterocycles. The van der Waals surface area contributed by atoms with Crippen molar-refractivity contribution >= 4 is 22.3 Å². The smallest absolute Gasteiger partial charge is 0.179 e. The van der Waals surface area contributed by atoms with Gasteiger partial charge in [0.25, 0.3) is 0 Å². The number of nitrogens with zero attached hydrogens (tertiary/aromatic N) is 6. The maximum absolute atomic E-state index is 4.34. The summed E-state index contributed by atoms with van der Waals surface area (Å²) < 4.78 is 3.37. The van der Waals surface area contributed by atoms with Gasteiger partial charge in [0.2, 0.25) is 0 Å². The summed E-state index contributed by atoms with van der Waals surface area (Å²) in [6, 6.07) is 7.84. The first-order valence-electron chi connectivity index (χ1n) is 4.87. The molecule has 3 aromatic heterocycles. The van der Waals surface area contributed by atoms with Crippen molar-refractivity contribution in [2.75, 3.05) is 0 Å². The third kappa shape index (κ3) is 0.813. The summed E-state index contributed by atoms with van der Waals surface area (Å²) in [4.78, 5) is 8.41. The number of hydrogen-bond acceptors (Lipinski definition) is 3. The van der Waals surface area contributed by atoms with Crippen molar-refractivity contribution in [2.45, 2.75) is 0 Å². The van der Waals surface area contributed by atoms with E-state index in [0.717, 1.165) is 16.7 Å². The fraction of sp³-hybridized carbons (Fsp3) is 0. The number of benzene rings is 1. The second-order valence-electron chi connectivity index (χ2n) is 3.47. The van der Waals surface area contributed by atoms with Gasteiger partial charge < -0.3 is 4.98 Å². The predicted molar refractivity (Wildman–Crippen MR) is 54.8 cm³/mol. The van der Waals surface area contributed by atoms with E-state index in [1.807, 2.05) is 28.8 Å². The van der Waals surface area contributed by atoms with Gasteiger partial charge in [0.15, 0.2) is 11.3 Å². The lowest BCUT2D eigenvalue weighted by Gasteiger charge is -1.89. The molecule has 0 bridgehead atoms. The third-order valence-corrected chi connectivity index (χ3v) is 2.53. The molecule has 76 valence electrons. The summed E-state index contributed by atoms with van der Waals surface area (Å²) in [5.41, 5.74) is 3.19. The number of para-hydroxylation sites is 1. The molecule has 0 aliphatic heterocycles. The van der Waals surface area contributed by atoms with Gasteiger partial charge in [-0.3, -0.25) is 0 Å². The van der Waals surface area contributed by atoms with Gasteiger partial charge in [-0.15, -0.1) is 4.52 Å². The topological polar surface area (TPSA) is 61.3 Å². The van der Waals surface area contributed by atoms with Crippen LogP contribution >= 0.6 is 0 Å². The molecule has 6 nitrogen and oxygen atoms in total. The molecule has 0 fully saturated rings. The van der Waals surface area contributed by atoms with Crippen molar-refractivity contribution in [2.24, 2.45) is 0 Å². The highest BCUT2D eigenvalue weighted by Crippen LogP contribution is 2.11. The van der Waals surface area contributed by atoms with Gasteiger partial charge in [0, 0.05) is 10.9 Å². The van der Waals surface area contributed by atoms with Crippen molar-refractivity contribution < 1.29 is 4.74 Å². The molecule has 0 amide bonds. The van der Waals surface area contributed by atoms with E-state index in [2.05, 4.69) is 20.2 Å². The van der Waals surface area contributed by atoms with Crippen LogP contribution in [-0.4, -0.2) is 19.6 Å². The Balaban J connectivity index is 2.38. The molecule has 0 saturated heterocycles. The summed E-state index contributed by atoms with van der Waals surface area (Å²) in [6.45, 7) is 0. The molecule has 0 aliphatic carbocycles. The molecule has 6 heteroatoms. The van der Waals surface area contributed by atoms with Crippen LogP contribution in [0.15, 0.2) is 36.7 Å². The van der Waals surface area contributed by atoms with Gasteiger partial charge in [0.05, 0.1) is 11.0 Å². The molecule has 4 rings (SSSR count). The van der Waals surface area contributed by atoms with Crippen LogP contribution in [0.5, 0.6) is 0 Å². The summed E-state index contributed by atoms with van der Waals surface area (Å²) in [5, 5.41) is 8.59. The minimum absolute atomic E-state index is 0.598. The highest BCUT2D eigenvalue weighted by molar-refractivity contribution is 5.77. The molecular formula is C10H6N6. The second-order valence-corrected chi connectivity index (χ2v) is 3.47. The minimum atomic E-state index is 0.598. The Kier molecular flexibility index (Phi) is 1.23. The fourth-order valence-electron chi connectivity index (χ4n) is 1.86. The molecule has 0 N–H and O–H groups in total. The van der Waals surface area contributed by atoms with Crippen molar-refractivity contribution in [3.63, 3.8) is 0 Å². The highest BCUT2D eigenvalue weighted by Gasteiger charge is 2.12. The Hall–Kier alpha value is -2.50. The molecule has 0 saturated carbocycles. The number of fused-ring (bicyclic) bond motifs is 5. The predicted octanol–water partition coefficient (Wildman–Crippen LogP) is -0.0266. The minimum Gasteiger partial charge on any atom is -0.327 e. The van der Waals surface area contributed by atoms with Gasteiger partial charge in [-0.2, -0.15) is 0 Å². The van der Waals surface area contributed by atoms with Crippen LogP contribution in [0.4, 0.5) is 0 Å². The maximum atomic E-state index is 4.34. The first-order chi connectivity index (χ1) is 7.93. The summed E-state index contributed by atoms with van der Waals surface area (Å²) in [6.07, 6.45) is 3.27. The average molecular weight is 210 g/mol. The van der Waals surface area contributed by atoms with Gasteiger partial charge in [-0.05, 0) is 23.4 Å². The lowest BCUT2D eigenvalue weighted by atomic mass is 10.3. The van der Waals surface area contributed by atoms with Crippen LogP contribution in [0.2, 0.25) is 0 Å². The zero-order chi connectivity index (χ0) is 10.5. The quantitative estimate of drug-likeness (QED) is 0.382. The SMILES string of the molecule is c1ccc2c(c1)n[n+]1[n-]c3nccnc3n21. The molecule has 0 spiro atoms. The number of aromatic nitrogens is 6. The first kappa shape index (κ1) is 7.75. The lowest BCUT2D eigenvalue weighted by molar-refractivity contribution is -0.727. The van der Waals surface area contributed by atoms with Crippen LogP contribution in [-0.2, 0) is 0 Å². The number of hydrogen-bond donors (Lipinski definition) is 0. The van der Waals surface area contributed by atoms with Crippen molar-refractivity contribution in [1.82, 2.24) is 24.7 Å². The van der Waals surface area contributed by atoms with Gasteiger partial charge in [-0.25, -0.2) is 4.98 Å². The molecule has 4 aromatic rings. The molecule has 0 unspecified atom stereocenters.